The van der Waals surface area contributed by atoms with Gasteiger partial charge in [-0.25, -0.2) is 5.32 Å². The van der Waals surface area contributed by atoms with E-state index >= 15 is 0 Å². The Morgan fingerprint density at radius 3 is 2.78 bits per heavy atom. The van der Waals surface area contributed by atoms with Crippen LogP contribution in [-0.4, -0.2) is 12.6 Å². The monoisotopic (exact) mass is 124 g/mol. The van der Waals surface area contributed by atoms with Crippen LogP contribution in [0.15, 0.2) is 0 Å². The van der Waals surface area contributed by atoms with Gasteiger partial charge in [-0.15, -0.1) is 0 Å². The predicted octanol–water partition coefficient (Wildman–Crippen LogP) is 1.55. The van der Waals surface area contributed by atoms with E-state index in [0.717, 1.165) is 12.0 Å². The van der Waals surface area contributed by atoms with Gasteiger partial charge in [0.25, 0.3) is 0 Å². The van der Waals surface area contributed by atoms with Gasteiger partial charge in [-0.3, -0.25) is 0 Å². The third-order valence-corrected chi connectivity index (χ3v) is 2.68. The second-order valence-corrected chi connectivity index (χ2v) is 3.39. The van der Waals surface area contributed by atoms with E-state index in [2.05, 4.69) is 5.32 Å². The van der Waals surface area contributed by atoms with E-state index in [0.29, 0.717) is 0 Å². The number of hydrogen-bond acceptors (Lipinski definition) is 0. The SMILES string of the molecule is C1CC2CCC(C1)[N]C2. The summed E-state index contributed by atoms with van der Waals surface area (Å²) in [5.74, 6) is 0.976. The van der Waals surface area contributed by atoms with Gasteiger partial charge in [0.2, 0.25) is 0 Å². The summed E-state index contributed by atoms with van der Waals surface area (Å²) >= 11 is 0. The molecular weight excluding hydrogens is 110 g/mol. The molecule has 3 rings (SSSR count). The van der Waals surface area contributed by atoms with Crippen LogP contribution in [0.2, 0.25) is 0 Å². The summed E-state index contributed by atoms with van der Waals surface area (Å²) < 4.78 is 0. The molecule has 51 valence electrons. The molecule has 3 aliphatic rings. The summed E-state index contributed by atoms with van der Waals surface area (Å²) in [4.78, 5) is 0. The van der Waals surface area contributed by atoms with Crippen molar-refractivity contribution in [1.29, 1.82) is 0 Å². The summed E-state index contributed by atoms with van der Waals surface area (Å²) in [5.41, 5.74) is 0. The standard InChI is InChI=1S/C8H14N/c1-2-7-4-5-8(3-1)9-6-7/h7-8H,1-6H2. The minimum atomic E-state index is 0.767. The molecule has 1 heteroatoms. The van der Waals surface area contributed by atoms with Gasteiger partial charge in [-0.1, -0.05) is 6.42 Å². The molecule has 0 spiro atoms. The fraction of sp³-hybridized carbons (Fsp3) is 1.00. The van der Waals surface area contributed by atoms with Crippen molar-refractivity contribution in [3.05, 3.63) is 0 Å². The fourth-order valence-electron chi connectivity index (χ4n) is 2.02. The average Bonchev–Trinajstić information content (AvgIpc) is 2.21. The molecule has 0 aromatic carbocycles. The molecule has 0 aromatic heterocycles. The smallest absolute Gasteiger partial charge is 0.0246 e. The van der Waals surface area contributed by atoms with E-state index in [1.165, 1.54) is 38.6 Å². The molecule has 2 heterocycles. The maximum absolute atomic E-state index is 4.59. The Kier molecular flexibility index (Phi) is 1.46. The largest absolute Gasteiger partial charge is 0.238 e. The van der Waals surface area contributed by atoms with Gasteiger partial charge in [0, 0.05) is 12.6 Å². The summed E-state index contributed by atoms with van der Waals surface area (Å²) in [6.45, 7) is 1.19. The quantitative estimate of drug-likeness (QED) is 0.465. The molecule has 0 N–H and O–H groups in total. The Labute approximate surface area is 56.8 Å². The third-order valence-electron chi connectivity index (χ3n) is 2.68. The summed E-state index contributed by atoms with van der Waals surface area (Å²) in [5, 5.41) is 4.59. The Morgan fingerprint density at radius 1 is 1.00 bits per heavy atom. The summed E-state index contributed by atoms with van der Waals surface area (Å²) in [7, 11) is 0. The number of rotatable bonds is 0. The topological polar surface area (TPSA) is 14.1 Å². The maximum Gasteiger partial charge on any atom is 0.0246 e. The maximum atomic E-state index is 4.59. The van der Waals surface area contributed by atoms with Crippen LogP contribution in [0, 0.1) is 5.92 Å². The van der Waals surface area contributed by atoms with Crippen LogP contribution in [0.1, 0.15) is 32.1 Å². The van der Waals surface area contributed by atoms with Crippen molar-refractivity contribution in [3.63, 3.8) is 0 Å². The zero-order chi connectivity index (χ0) is 6.10. The third kappa shape index (κ3) is 1.11. The first-order chi connectivity index (χ1) is 4.45. The highest BCUT2D eigenvalue weighted by molar-refractivity contribution is 4.81. The van der Waals surface area contributed by atoms with E-state index < -0.39 is 0 Å². The lowest BCUT2D eigenvalue weighted by Gasteiger charge is -2.22. The zero-order valence-corrected chi connectivity index (χ0v) is 5.84. The molecule has 1 radical (unpaired) electrons. The molecule has 9 heavy (non-hydrogen) atoms. The predicted molar refractivity (Wildman–Crippen MR) is 37.4 cm³/mol. The van der Waals surface area contributed by atoms with Crippen molar-refractivity contribution >= 4 is 0 Å². The molecule has 3 fully saturated rings. The van der Waals surface area contributed by atoms with E-state index in [-0.39, 0.29) is 0 Å². The first-order valence-electron chi connectivity index (χ1n) is 4.12. The number of fused-ring (bicyclic) bond motifs is 4. The fourth-order valence-corrected chi connectivity index (χ4v) is 2.02. The van der Waals surface area contributed by atoms with E-state index in [4.69, 9.17) is 0 Å². The highest BCUT2D eigenvalue weighted by atomic mass is 14.9. The number of piperidine rings is 1. The van der Waals surface area contributed by atoms with Crippen molar-refractivity contribution in [2.45, 2.75) is 38.1 Å². The lowest BCUT2D eigenvalue weighted by molar-refractivity contribution is 0.335. The number of nitrogens with zero attached hydrogens (tertiary/aromatic N) is 1. The van der Waals surface area contributed by atoms with Gasteiger partial charge in [-0.2, -0.15) is 0 Å². The van der Waals surface area contributed by atoms with Gasteiger partial charge < -0.3 is 0 Å². The average molecular weight is 124 g/mol. The number of hydrogen-bond donors (Lipinski definition) is 0. The van der Waals surface area contributed by atoms with Crippen molar-refractivity contribution in [2.24, 2.45) is 5.92 Å². The van der Waals surface area contributed by atoms with Crippen molar-refractivity contribution in [3.8, 4) is 0 Å². The van der Waals surface area contributed by atoms with Gasteiger partial charge in [0.15, 0.2) is 0 Å². The molecule has 2 aliphatic heterocycles. The summed E-state index contributed by atoms with van der Waals surface area (Å²) in [6, 6.07) is 0.767. The molecule has 2 bridgehead atoms. The van der Waals surface area contributed by atoms with Crippen molar-refractivity contribution < 1.29 is 0 Å². The van der Waals surface area contributed by atoms with Crippen LogP contribution >= 0.6 is 0 Å². The van der Waals surface area contributed by atoms with Crippen LogP contribution in [0.4, 0.5) is 0 Å². The first kappa shape index (κ1) is 5.72. The van der Waals surface area contributed by atoms with Crippen LogP contribution in [-0.2, 0) is 0 Å². The molecule has 2 atom stereocenters. The van der Waals surface area contributed by atoms with Gasteiger partial charge in [0.05, 0.1) is 0 Å². The van der Waals surface area contributed by atoms with E-state index in [9.17, 15) is 0 Å². The highest BCUT2D eigenvalue weighted by Crippen LogP contribution is 2.27. The normalized spacial score (nSPS) is 42.7. The van der Waals surface area contributed by atoms with Crippen molar-refractivity contribution in [2.75, 3.05) is 6.54 Å². The lowest BCUT2D eigenvalue weighted by atomic mass is 9.97. The van der Waals surface area contributed by atoms with Crippen LogP contribution in [0.5, 0.6) is 0 Å². The highest BCUT2D eigenvalue weighted by Gasteiger charge is 2.24. The molecule has 2 saturated heterocycles. The Balaban J connectivity index is 2.03. The van der Waals surface area contributed by atoms with Gasteiger partial charge >= 0.3 is 0 Å². The van der Waals surface area contributed by atoms with Crippen molar-refractivity contribution in [1.82, 2.24) is 5.32 Å². The minimum Gasteiger partial charge on any atom is -0.238 e. The van der Waals surface area contributed by atoms with E-state index in [1.807, 2.05) is 0 Å². The van der Waals surface area contributed by atoms with Gasteiger partial charge in [0.1, 0.15) is 0 Å². The molecule has 1 aliphatic carbocycles. The molecule has 1 saturated carbocycles. The second kappa shape index (κ2) is 2.30. The first-order valence-corrected chi connectivity index (χ1v) is 4.12. The Hall–Kier alpha value is -0.0400. The lowest BCUT2D eigenvalue weighted by Crippen LogP contribution is -2.29. The van der Waals surface area contributed by atoms with Crippen LogP contribution < -0.4 is 5.32 Å². The Bertz CT molecular complexity index is 75.2. The minimum absolute atomic E-state index is 0.767. The Morgan fingerprint density at radius 2 is 2.00 bits per heavy atom. The summed E-state index contributed by atoms with van der Waals surface area (Å²) in [6.07, 6.45) is 7.15. The zero-order valence-electron chi connectivity index (χ0n) is 5.84. The molecule has 2 unspecified atom stereocenters. The second-order valence-electron chi connectivity index (χ2n) is 3.39. The van der Waals surface area contributed by atoms with Crippen LogP contribution in [0.3, 0.4) is 0 Å². The molecule has 0 aromatic rings. The molecular formula is C8H14N. The van der Waals surface area contributed by atoms with Gasteiger partial charge in [-0.05, 0) is 31.6 Å². The van der Waals surface area contributed by atoms with E-state index in [1.54, 1.807) is 0 Å². The molecule has 1 nitrogen and oxygen atoms in total. The molecule has 0 amide bonds. The van der Waals surface area contributed by atoms with Crippen LogP contribution in [0.25, 0.3) is 0 Å².